The Hall–Kier alpha value is -3.32. The highest BCUT2D eigenvalue weighted by molar-refractivity contribution is 6.30. The number of hydrogen-bond donors (Lipinski definition) is 0. The smallest absolute Gasteiger partial charge is 0.338 e. The van der Waals surface area contributed by atoms with Gasteiger partial charge in [0.2, 0.25) is 5.82 Å². The van der Waals surface area contributed by atoms with Crippen molar-refractivity contribution in [3.63, 3.8) is 0 Å². The van der Waals surface area contributed by atoms with Crippen molar-refractivity contribution in [1.29, 1.82) is 0 Å². The second-order valence-electron chi connectivity index (χ2n) is 5.93. The van der Waals surface area contributed by atoms with Crippen LogP contribution < -0.4 is 9.47 Å². The number of carbonyl (C=O) groups is 1. The van der Waals surface area contributed by atoms with Crippen LogP contribution in [0.15, 0.2) is 52.6 Å². The zero-order chi connectivity index (χ0) is 19.5. The number of carbonyl (C=O) groups excluding carboxylic acids is 1. The molecule has 0 radical (unpaired) electrons. The summed E-state index contributed by atoms with van der Waals surface area (Å²) in [5, 5.41) is 4.47. The van der Waals surface area contributed by atoms with Crippen LogP contribution in [0, 0.1) is 0 Å². The molecule has 0 saturated carbocycles. The number of halogens is 1. The molecule has 1 aliphatic heterocycles. The van der Waals surface area contributed by atoms with Crippen molar-refractivity contribution in [3.8, 4) is 22.9 Å². The van der Waals surface area contributed by atoms with E-state index in [0.717, 1.165) is 5.56 Å². The Balaban J connectivity index is 1.44. The van der Waals surface area contributed by atoms with Crippen molar-refractivity contribution >= 4 is 23.6 Å². The van der Waals surface area contributed by atoms with Gasteiger partial charge in [0, 0.05) is 10.6 Å². The van der Waals surface area contributed by atoms with Crippen LogP contribution in [0.4, 0.5) is 0 Å². The molecule has 0 unspecified atom stereocenters. The Bertz CT molecular complexity index is 1060. The summed E-state index contributed by atoms with van der Waals surface area (Å²) < 4.78 is 21.3. The first kappa shape index (κ1) is 18.1. The summed E-state index contributed by atoms with van der Waals surface area (Å²) in [6.07, 6.45) is 1.70. The minimum absolute atomic E-state index is 0.115. The first-order valence-corrected chi connectivity index (χ1v) is 8.78. The standard InChI is InChI=1S/C20H15ClN2O5/c1-25-17-5-3-2-4-15(17)19-22-18(28-23-19)11-27-20(24)13-8-12-9-14(21)6-7-16(12)26-10-13/h2-9H,10-11H2,1H3. The maximum atomic E-state index is 12.3. The van der Waals surface area contributed by atoms with Gasteiger partial charge < -0.3 is 18.7 Å². The fourth-order valence-electron chi connectivity index (χ4n) is 2.74. The van der Waals surface area contributed by atoms with Gasteiger partial charge in [-0.25, -0.2) is 4.79 Å². The van der Waals surface area contributed by atoms with Crippen LogP contribution in [0.2, 0.25) is 5.02 Å². The number of ether oxygens (including phenoxy) is 3. The number of methoxy groups -OCH3 is 1. The topological polar surface area (TPSA) is 83.7 Å². The van der Waals surface area contributed by atoms with Gasteiger partial charge >= 0.3 is 5.97 Å². The number of para-hydroxylation sites is 1. The molecule has 1 aromatic heterocycles. The molecule has 0 bridgehead atoms. The number of fused-ring (bicyclic) bond motifs is 1. The lowest BCUT2D eigenvalue weighted by molar-refractivity contribution is -0.141. The Labute approximate surface area is 165 Å². The van der Waals surface area contributed by atoms with Gasteiger partial charge in [-0.05, 0) is 36.4 Å². The average Bonchev–Trinajstić information content (AvgIpc) is 3.20. The highest BCUT2D eigenvalue weighted by Gasteiger charge is 2.20. The number of rotatable bonds is 5. The second-order valence-corrected chi connectivity index (χ2v) is 6.36. The SMILES string of the molecule is COc1ccccc1-c1noc(COC(=O)C2=Cc3cc(Cl)ccc3OC2)n1. The molecule has 2 heterocycles. The summed E-state index contributed by atoms with van der Waals surface area (Å²) in [4.78, 5) is 16.6. The van der Waals surface area contributed by atoms with Crippen LogP contribution >= 0.6 is 11.6 Å². The number of hydrogen-bond acceptors (Lipinski definition) is 7. The van der Waals surface area contributed by atoms with Crippen LogP contribution in [0.1, 0.15) is 11.5 Å². The summed E-state index contributed by atoms with van der Waals surface area (Å²) in [6, 6.07) is 12.5. The molecule has 0 aliphatic carbocycles. The molecule has 0 spiro atoms. The molecule has 7 nitrogen and oxygen atoms in total. The Morgan fingerprint density at radius 3 is 2.96 bits per heavy atom. The minimum Gasteiger partial charge on any atom is -0.496 e. The normalized spacial score (nSPS) is 12.6. The predicted octanol–water partition coefficient (Wildman–Crippen LogP) is 3.92. The summed E-state index contributed by atoms with van der Waals surface area (Å²) in [5.41, 5.74) is 1.78. The van der Waals surface area contributed by atoms with E-state index in [0.29, 0.717) is 33.5 Å². The quantitative estimate of drug-likeness (QED) is 0.602. The van der Waals surface area contributed by atoms with Crippen LogP contribution in [0.5, 0.6) is 11.5 Å². The van der Waals surface area contributed by atoms with E-state index in [1.54, 1.807) is 37.5 Å². The van der Waals surface area contributed by atoms with Gasteiger partial charge in [0.05, 0.1) is 18.2 Å². The van der Waals surface area contributed by atoms with E-state index in [2.05, 4.69) is 10.1 Å². The van der Waals surface area contributed by atoms with Crippen LogP contribution in [-0.2, 0) is 16.1 Å². The predicted molar refractivity (Wildman–Crippen MR) is 101 cm³/mol. The van der Waals surface area contributed by atoms with Crippen molar-refractivity contribution in [1.82, 2.24) is 10.1 Å². The molecule has 28 heavy (non-hydrogen) atoms. The Morgan fingerprint density at radius 1 is 1.25 bits per heavy atom. The summed E-state index contributed by atoms with van der Waals surface area (Å²) in [7, 11) is 1.56. The molecule has 0 fully saturated rings. The monoisotopic (exact) mass is 398 g/mol. The molecule has 0 saturated heterocycles. The molecule has 2 aromatic carbocycles. The lowest BCUT2D eigenvalue weighted by atomic mass is 10.1. The molecule has 0 N–H and O–H groups in total. The fraction of sp³-hybridized carbons (Fsp3) is 0.150. The largest absolute Gasteiger partial charge is 0.496 e. The molecule has 0 atom stereocenters. The third-order valence-electron chi connectivity index (χ3n) is 4.09. The average molecular weight is 399 g/mol. The molecular weight excluding hydrogens is 384 g/mol. The summed E-state index contributed by atoms with van der Waals surface area (Å²) in [5.74, 6) is 1.29. The summed E-state index contributed by atoms with van der Waals surface area (Å²) in [6.45, 7) is -0.0372. The molecule has 142 valence electrons. The van der Waals surface area contributed by atoms with Crippen molar-refractivity contribution in [2.45, 2.75) is 6.61 Å². The van der Waals surface area contributed by atoms with Crippen molar-refractivity contribution in [2.24, 2.45) is 0 Å². The van der Waals surface area contributed by atoms with E-state index >= 15 is 0 Å². The highest BCUT2D eigenvalue weighted by Crippen LogP contribution is 2.30. The van der Waals surface area contributed by atoms with Gasteiger partial charge in [0.1, 0.15) is 18.1 Å². The maximum absolute atomic E-state index is 12.3. The number of benzene rings is 2. The Morgan fingerprint density at radius 2 is 2.11 bits per heavy atom. The van der Waals surface area contributed by atoms with E-state index in [9.17, 15) is 4.79 Å². The van der Waals surface area contributed by atoms with Crippen LogP contribution in [0.3, 0.4) is 0 Å². The van der Waals surface area contributed by atoms with E-state index in [1.807, 2.05) is 18.2 Å². The van der Waals surface area contributed by atoms with E-state index in [1.165, 1.54) is 0 Å². The molecule has 8 heteroatoms. The van der Waals surface area contributed by atoms with Crippen molar-refractivity contribution in [2.75, 3.05) is 13.7 Å². The zero-order valence-electron chi connectivity index (χ0n) is 14.8. The van der Waals surface area contributed by atoms with Gasteiger partial charge in [-0.3, -0.25) is 0 Å². The van der Waals surface area contributed by atoms with Crippen LogP contribution in [0.25, 0.3) is 17.5 Å². The fourth-order valence-corrected chi connectivity index (χ4v) is 2.92. The maximum Gasteiger partial charge on any atom is 0.338 e. The molecule has 3 aromatic rings. The highest BCUT2D eigenvalue weighted by atomic mass is 35.5. The lowest BCUT2D eigenvalue weighted by Gasteiger charge is -2.17. The molecule has 1 aliphatic rings. The van der Waals surface area contributed by atoms with E-state index in [4.69, 9.17) is 30.3 Å². The van der Waals surface area contributed by atoms with Crippen LogP contribution in [-0.4, -0.2) is 29.8 Å². The third-order valence-corrected chi connectivity index (χ3v) is 4.32. The van der Waals surface area contributed by atoms with Crippen molar-refractivity contribution in [3.05, 3.63) is 64.5 Å². The van der Waals surface area contributed by atoms with Gasteiger partial charge in [0.15, 0.2) is 6.61 Å². The third kappa shape index (κ3) is 3.70. The first-order valence-electron chi connectivity index (χ1n) is 8.40. The van der Waals surface area contributed by atoms with Crippen molar-refractivity contribution < 1.29 is 23.5 Å². The van der Waals surface area contributed by atoms with E-state index in [-0.39, 0.29) is 19.1 Å². The first-order chi connectivity index (χ1) is 13.6. The Kier molecular flexibility index (Phi) is 4.99. The lowest BCUT2D eigenvalue weighted by Crippen LogP contribution is -2.17. The summed E-state index contributed by atoms with van der Waals surface area (Å²) >= 11 is 5.98. The molecular formula is C20H15ClN2O5. The number of esters is 1. The minimum atomic E-state index is -0.525. The zero-order valence-corrected chi connectivity index (χ0v) is 15.6. The van der Waals surface area contributed by atoms with Gasteiger partial charge in [-0.15, -0.1) is 0 Å². The number of nitrogens with zero attached hydrogens (tertiary/aromatic N) is 2. The number of aromatic nitrogens is 2. The second kappa shape index (κ2) is 7.74. The van der Waals surface area contributed by atoms with Gasteiger partial charge in [-0.2, -0.15) is 4.98 Å². The molecule has 0 amide bonds. The van der Waals surface area contributed by atoms with Gasteiger partial charge in [0.25, 0.3) is 5.89 Å². The van der Waals surface area contributed by atoms with E-state index < -0.39 is 5.97 Å². The van der Waals surface area contributed by atoms with Gasteiger partial charge in [-0.1, -0.05) is 28.9 Å². The molecule has 4 rings (SSSR count).